The summed E-state index contributed by atoms with van der Waals surface area (Å²) >= 11 is 0. The fraction of sp³-hybridized carbons (Fsp3) is 0.409. The van der Waals surface area contributed by atoms with Gasteiger partial charge in [-0.15, -0.1) is 0 Å². The van der Waals surface area contributed by atoms with Gasteiger partial charge in [-0.05, 0) is 43.7 Å². The van der Waals surface area contributed by atoms with Crippen LogP contribution in [0.15, 0.2) is 41.5 Å². The van der Waals surface area contributed by atoms with Crippen molar-refractivity contribution in [2.24, 2.45) is 16.1 Å². The molecule has 1 aromatic heterocycles. The van der Waals surface area contributed by atoms with Crippen molar-refractivity contribution in [3.05, 3.63) is 59.2 Å². The van der Waals surface area contributed by atoms with Crippen molar-refractivity contribution in [3.63, 3.8) is 0 Å². The number of nitrogens with two attached hydrogens (primary N) is 1. The van der Waals surface area contributed by atoms with E-state index in [9.17, 15) is 9.18 Å². The summed E-state index contributed by atoms with van der Waals surface area (Å²) in [5.74, 6) is -0.361. The Balaban J connectivity index is 1.58. The van der Waals surface area contributed by atoms with Crippen molar-refractivity contribution in [1.29, 1.82) is 0 Å². The number of benzene rings is 1. The Hall–Kier alpha value is -3.00. The van der Waals surface area contributed by atoms with Gasteiger partial charge in [-0.2, -0.15) is 0 Å². The van der Waals surface area contributed by atoms with Crippen LogP contribution < -0.4 is 10.5 Å². The molecule has 1 unspecified atom stereocenters. The molecule has 1 aromatic carbocycles. The predicted molar refractivity (Wildman–Crippen MR) is 106 cm³/mol. The number of aromatic nitrogens is 1. The fourth-order valence-corrected chi connectivity index (χ4v) is 4.79. The number of amidine groups is 1. The summed E-state index contributed by atoms with van der Waals surface area (Å²) in [6.07, 6.45) is 1.41. The second-order valence-electron chi connectivity index (χ2n) is 8.55. The predicted octanol–water partition coefficient (Wildman–Crippen LogP) is 2.37. The first-order valence-corrected chi connectivity index (χ1v) is 9.80. The molecule has 0 radical (unpaired) electrons. The number of ketones is 1. The first-order valence-electron chi connectivity index (χ1n) is 9.80. The zero-order valence-corrected chi connectivity index (χ0v) is 16.8. The topological polar surface area (TPSA) is 96.0 Å². The molecular weight excluding hydrogens is 389 g/mol. The molecule has 2 spiro atoms. The van der Waals surface area contributed by atoms with Gasteiger partial charge in [0.1, 0.15) is 29.2 Å². The molecule has 2 aromatic rings. The molecule has 4 heterocycles. The lowest BCUT2D eigenvalue weighted by molar-refractivity contribution is -0.247. The maximum Gasteiger partial charge on any atom is 0.283 e. The molecule has 3 aliphatic heterocycles. The fourth-order valence-electron chi connectivity index (χ4n) is 4.79. The highest BCUT2D eigenvalue weighted by molar-refractivity contribution is 5.96. The molecule has 1 atom stereocenters. The summed E-state index contributed by atoms with van der Waals surface area (Å²) in [7, 11) is 0. The van der Waals surface area contributed by atoms with Crippen LogP contribution in [0.5, 0.6) is 5.75 Å². The van der Waals surface area contributed by atoms with Gasteiger partial charge in [-0.1, -0.05) is 6.07 Å². The van der Waals surface area contributed by atoms with Gasteiger partial charge in [0, 0.05) is 18.2 Å². The largest absolute Gasteiger partial charge is 0.487 e. The van der Waals surface area contributed by atoms with Crippen LogP contribution in [0.4, 0.5) is 4.39 Å². The molecule has 5 rings (SSSR count). The zero-order valence-electron chi connectivity index (χ0n) is 16.8. The van der Waals surface area contributed by atoms with Crippen molar-refractivity contribution < 1.29 is 23.4 Å². The van der Waals surface area contributed by atoms with Crippen molar-refractivity contribution in [3.8, 4) is 5.75 Å². The Kier molecular flexibility index (Phi) is 3.96. The lowest BCUT2D eigenvalue weighted by Gasteiger charge is -2.61. The number of pyridine rings is 1. The first-order chi connectivity index (χ1) is 14.3. The maximum atomic E-state index is 14.0. The third kappa shape index (κ3) is 2.43. The molecule has 0 saturated carbocycles. The number of hydrogen-bond acceptors (Lipinski definition) is 7. The minimum absolute atomic E-state index is 0.00421. The van der Waals surface area contributed by atoms with Crippen LogP contribution in [-0.4, -0.2) is 42.2 Å². The Morgan fingerprint density at radius 2 is 2.03 bits per heavy atom. The van der Waals surface area contributed by atoms with Crippen LogP contribution in [0, 0.1) is 11.2 Å². The van der Waals surface area contributed by atoms with Crippen LogP contribution in [0.25, 0.3) is 0 Å². The molecule has 2 N–H and O–H groups in total. The summed E-state index contributed by atoms with van der Waals surface area (Å²) in [6, 6.07) is 8.32. The quantitative estimate of drug-likeness (QED) is 0.779. The molecular formula is C22H22FN3O4. The van der Waals surface area contributed by atoms with Crippen LogP contribution in [-0.2, 0) is 21.4 Å². The normalized spacial score (nSPS) is 25.1. The number of rotatable bonds is 3. The van der Waals surface area contributed by atoms with Crippen molar-refractivity contribution in [2.45, 2.75) is 31.4 Å². The molecule has 1 saturated heterocycles. The summed E-state index contributed by atoms with van der Waals surface area (Å²) in [5, 5.41) is 0. The van der Waals surface area contributed by atoms with Crippen molar-refractivity contribution in [2.75, 3.05) is 19.8 Å². The van der Waals surface area contributed by atoms with Gasteiger partial charge in [0.05, 0.1) is 18.6 Å². The number of aliphatic imine (C=N–C) groups is 1. The minimum atomic E-state index is -0.776. The number of hydrogen-bond donors (Lipinski definition) is 1. The Morgan fingerprint density at radius 1 is 1.23 bits per heavy atom. The van der Waals surface area contributed by atoms with E-state index in [4.69, 9.17) is 24.9 Å². The average molecular weight is 411 g/mol. The van der Waals surface area contributed by atoms with Crippen LogP contribution >= 0.6 is 0 Å². The van der Waals surface area contributed by atoms with Crippen LogP contribution in [0.3, 0.4) is 0 Å². The van der Waals surface area contributed by atoms with E-state index < -0.39 is 28.2 Å². The molecule has 7 nitrogen and oxygen atoms in total. The molecule has 8 heteroatoms. The lowest BCUT2D eigenvalue weighted by Crippen LogP contribution is -2.71. The van der Waals surface area contributed by atoms with Gasteiger partial charge in [0.2, 0.25) is 0 Å². The average Bonchev–Trinajstić information content (AvgIpc) is 3.03. The Labute approximate surface area is 173 Å². The van der Waals surface area contributed by atoms with Crippen LogP contribution in [0.1, 0.15) is 35.5 Å². The highest BCUT2D eigenvalue weighted by atomic mass is 19.1. The zero-order chi connectivity index (χ0) is 21.1. The SMILES string of the molecule is CC1(C)Oc2ccc(CC(=O)c3ncccc3F)cc2C2(COC(N)=N2)C12COC2. The Bertz CT molecular complexity index is 1080. The number of halogens is 1. The molecule has 0 amide bonds. The Morgan fingerprint density at radius 3 is 2.67 bits per heavy atom. The van der Waals surface area contributed by atoms with Gasteiger partial charge in [0.25, 0.3) is 6.02 Å². The van der Waals surface area contributed by atoms with Crippen molar-refractivity contribution >= 4 is 11.8 Å². The van der Waals surface area contributed by atoms with Gasteiger partial charge in [0.15, 0.2) is 11.6 Å². The standard InChI is InChI=1S/C22H22FN3O4/c1-20(2)21(10-28-11-21)22(12-29-19(24)26-22)14-8-13(5-6-17(14)30-20)9-16(27)18-15(23)4-3-7-25-18/h3-8H,9-12H2,1-2H3,(H2,24,26). The van der Waals surface area contributed by atoms with E-state index in [1.807, 2.05) is 26.0 Å². The van der Waals surface area contributed by atoms with Crippen LogP contribution in [0.2, 0.25) is 0 Å². The highest BCUT2D eigenvalue weighted by Crippen LogP contribution is 2.62. The van der Waals surface area contributed by atoms with Crippen molar-refractivity contribution in [1.82, 2.24) is 4.98 Å². The summed E-state index contributed by atoms with van der Waals surface area (Å²) in [4.78, 5) is 21.3. The third-order valence-corrected chi connectivity index (χ3v) is 6.61. The van der Waals surface area contributed by atoms with Gasteiger partial charge < -0.3 is 19.9 Å². The molecule has 1 fully saturated rings. The van der Waals surface area contributed by atoms with Gasteiger partial charge >= 0.3 is 0 Å². The van der Waals surface area contributed by atoms with E-state index in [0.29, 0.717) is 24.5 Å². The van der Waals surface area contributed by atoms with Gasteiger partial charge in [-0.25, -0.2) is 9.38 Å². The second kappa shape index (κ2) is 6.25. The monoisotopic (exact) mass is 411 g/mol. The smallest absolute Gasteiger partial charge is 0.283 e. The molecule has 0 aliphatic carbocycles. The minimum Gasteiger partial charge on any atom is -0.487 e. The maximum absolute atomic E-state index is 14.0. The molecule has 0 bridgehead atoms. The molecule has 30 heavy (non-hydrogen) atoms. The first kappa shape index (κ1) is 19.0. The number of fused-ring (bicyclic) bond motifs is 3. The lowest BCUT2D eigenvalue weighted by atomic mass is 9.55. The summed E-state index contributed by atoms with van der Waals surface area (Å²) < 4.78 is 31.6. The number of carbonyl (C=O) groups is 1. The van der Waals surface area contributed by atoms with E-state index in [1.165, 1.54) is 18.3 Å². The van der Waals surface area contributed by atoms with E-state index in [1.54, 1.807) is 6.07 Å². The number of ether oxygens (including phenoxy) is 3. The summed E-state index contributed by atoms with van der Waals surface area (Å²) in [6.45, 7) is 5.23. The number of nitrogens with zero attached hydrogens (tertiary/aromatic N) is 2. The van der Waals surface area contributed by atoms with E-state index in [2.05, 4.69) is 4.98 Å². The highest BCUT2D eigenvalue weighted by Gasteiger charge is 2.71. The second-order valence-corrected chi connectivity index (χ2v) is 8.55. The van der Waals surface area contributed by atoms with E-state index in [-0.39, 0.29) is 24.7 Å². The molecule has 3 aliphatic rings. The van der Waals surface area contributed by atoms with E-state index in [0.717, 1.165) is 5.56 Å². The number of carbonyl (C=O) groups excluding carboxylic acids is 1. The third-order valence-electron chi connectivity index (χ3n) is 6.61. The molecule has 156 valence electrons. The van der Waals surface area contributed by atoms with Gasteiger partial charge in [-0.3, -0.25) is 9.78 Å². The summed E-state index contributed by atoms with van der Waals surface area (Å²) in [5.41, 5.74) is 5.49. The van der Waals surface area contributed by atoms with E-state index >= 15 is 0 Å². The number of Topliss-reactive ketones (excluding diaryl/α,β-unsaturated/α-hetero) is 1.